The van der Waals surface area contributed by atoms with E-state index >= 15 is 0 Å². The van der Waals surface area contributed by atoms with Crippen molar-refractivity contribution >= 4 is 29.1 Å². The van der Waals surface area contributed by atoms with Crippen LogP contribution in [0, 0.1) is 5.92 Å². The van der Waals surface area contributed by atoms with E-state index in [-0.39, 0.29) is 5.92 Å². The van der Waals surface area contributed by atoms with Gasteiger partial charge >= 0.3 is 6.09 Å². The van der Waals surface area contributed by atoms with Gasteiger partial charge in [-0.3, -0.25) is 9.78 Å². The van der Waals surface area contributed by atoms with E-state index in [2.05, 4.69) is 20.8 Å². The molecule has 2 N–H and O–H groups in total. The van der Waals surface area contributed by atoms with Crippen molar-refractivity contribution in [1.29, 1.82) is 0 Å². The lowest BCUT2D eigenvalue weighted by atomic mass is 9.99. The van der Waals surface area contributed by atoms with Gasteiger partial charge in [-0.15, -0.1) is 0 Å². The summed E-state index contributed by atoms with van der Waals surface area (Å²) in [6.45, 7) is 9.15. The van der Waals surface area contributed by atoms with Crippen LogP contribution in [-0.4, -0.2) is 34.8 Å². The molecule has 28 heavy (non-hydrogen) atoms. The maximum Gasteiger partial charge on any atom is 0.408 e. The van der Waals surface area contributed by atoms with Gasteiger partial charge in [-0.05, 0) is 32.8 Å². The molecule has 1 aromatic heterocycles. The SMILES string of the molecule is CC[C@H](C)[C@@H](NC(=O)OC(C)(C)C)C(=O)N/N=C\c1cccc2cccnc12. The first kappa shape index (κ1) is 21.3. The summed E-state index contributed by atoms with van der Waals surface area (Å²) in [5.74, 6) is -0.480. The first-order valence-corrected chi connectivity index (χ1v) is 9.37. The van der Waals surface area contributed by atoms with Gasteiger partial charge in [-0.1, -0.05) is 44.5 Å². The molecule has 0 radical (unpaired) electrons. The Morgan fingerprint density at radius 1 is 1.25 bits per heavy atom. The highest BCUT2D eigenvalue weighted by atomic mass is 16.6. The molecule has 0 saturated carbocycles. The Balaban J connectivity index is 2.08. The van der Waals surface area contributed by atoms with Crippen molar-refractivity contribution in [2.75, 3.05) is 0 Å². The van der Waals surface area contributed by atoms with Crippen molar-refractivity contribution in [3.63, 3.8) is 0 Å². The van der Waals surface area contributed by atoms with E-state index in [1.807, 2.05) is 44.2 Å². The molecule has 2 atom stereocenters. The number of benzene rings is 1. The van der Waals surface area contributed by atoms with E-state index in [0.29, 0.717) is 6.42 Å². The molecule has 150 valence electrons. The van der Waals surface area contributed by atoms with Gasteiger partial charge in [0.05, 0.1) is 11.7 Å². The van der Waals surface area contributed by atoms with Crippen molar-refractivity contribution in [2.45, 2.75) is 52.7 Å². The van der Waals surface area contributed by atoms with E-state index in [1.54, 1.807) is 33.2 Å². The summed E-state index contributed by atoms with van der Waals surface area (Å²) >= 11 is 0. The largest absolute Gasteiger partial charge is 0.444 e. The highest BCUT2D eigenvalue weighted by molar-refractivity contribution is 5.97. The lowest BCUT2D eigenvalue weighted by Crippen LogP contribution is -2.50. The van der Waals surface area contributed by atoms with Gasteiger partial charge in [0.2, 0.25) is 0 Å². The molecule has 7 nitrogen and oxygen atoms in total. The van der Waals surface area contributed by atoms with Crippen LogP contribution in [0.2, 0.25) is 0 Å². The van der Waals surface area contributed by atoms with Gasteiger partial charge < -0.3 is 10.1 Å². The number of nitrogens with one attached hydrogen (secondary N) is 2. The third-order valence-electron chi connectivity index (χ3n) is 4.21. The molecule has 2 amide bonds. The molecule has 0 aliphatic carbocycles. The van der Waals surface area contributed by atoms with Crippen LogP contribution in [0.15, 0.2) is 41.6 Å². The van der Waals surface area contributed by atoms with E-state index < -0.39 is 23.6 Å². The number of alkyl carbamates (subject to hydrolysis) is 1. The molecule has 0 aliphatic rings. The van der Waals surface area contributed by atoms with Crippen LogP contribution in [-0.2, 0) is 9.53 Å². The number of carbonyl (C=O) groups is 2. The van der Waals surface area contributed by atoms with Crippen molar-refractivity contribution in [2.24, 2.45) is 11.0 Å². The molecule has 1 heterocycles. The zero-order valence-corrected chi connectivity index (χ0v) is 17.0. The number of fused-ring (bicyclic) bond motifs is 1. The predicted octanol–water partition coefficient (Wildman–Crippen LogP) is 3.62. The fourth-order valence-electron chi connectivity index (χ4n) is 2.60. The number of rotatable bonds is 6. The molecule has 0 fully saturated rings. The molecular formula is C21H28N4O3. The summed E-state index contributed by atoms with van der Waals surface area (Å²) in [5, 5.41) is 7.69. The molecule has 0 aliphatic heterocycles. The number of carbonyl (C=O) groups excluding carboxylic acids is 2. The molecule has 0 bridgehead atoms. The third kappa shape index (κ3) is 6.04. The van der Waals surface area contributed by atoms with Crippen molar-refractivity contribution < 1.29 is 14.3 Å². The Morgan fingerprint density at radius 3 is 2.64 bits per heavy atom. The monoisotopic (exact) mass is 384 g/mol. The van der Waals surface area contributed by atoms with Crippen molar-refractivity contribution in [1.82, 2.24) is 15.7 Å². The standard InChI is InChI=1S/C21H28N4O3/c1-6-14(2)17(24-20(27)28-21(3,4)5)19(26)25-23-13-16-10-7-9-15-11-8-12-22-18(15)16/h7-14,17H,6H2,1-5H3,(H,24,27)(H,25,26)/b23-13-/t14-,17+/m0/s1. The zero-order valence-electron chi connectivity index (χ0n) is 17.0. The van der Waals surface area contributed by atoms with Gasteiger partial charge in [-0.25, -0.2) is 10.2 Å². The van der Waals surface area contributed by atoms with E-state index in [0.717, 1.165) is 16.5 Å². The van der Waals surface area contributed by atoms with Gasteiger partial charge in [0.25, 0.3) is 5.91 Å². The molecule has 2 rings (SSSR count). The summed E-state index contributed by atoms with van der Waals surface area (Å²) < 4.78 is 5.26. The Kier molecular flexibility index (Phi) is 7.09. The number of pyridine rings is 1. The van der Waals surface area contributed by atoms with E-state index in [9.17, 15) is 9.59 Å². The highest BCUT2D eigenvalue weighted by Gasteiger charge is 2.28. The number of para-hydroxylation sites is 1. The van der Waals surface area contributed by atoms with Crippen LogP contribution in [0.4, 0.5) is 4.79 Å². The Morgan fingerprint density at radius 2 is 1.96 bits per heavy atom. The summed E-state index contributed by atoms with van der Waals surface area (Å²) in [4.78, 5) is 29.0. The summed E-state index contributed by atoms with van der Waals surface area (Å²) in [6, 6.07) is 8.81. The van der Waals surface area contributed by atoms with Crippen LogP contribution >= 0.6 is 0 Å². The van der Waals surface area contributed by atoms with Gasteiger partial charge in [0.1, 0.15) is 11.6 Å². The molecule has 1 aromatic carbocycles. The van der Waals surface area contributed by atoms with Gasteiger partial charge in [-0.2, -0.15) is 5.10 Å². The van der Waals surface area contributed by atoms with Crippen molar-refractivity contribution in [3.05, 3.63) is 42.1 Å². The number of hydrogen-bond acceptors (Lipinski definition) is 5. The minimum absolute atomic E-state index is 0.0815. The third-order valence-corrected chi connectivity index (χ3v) is 4.21. The lowest BCUT2D eigenvalue weighted by molar-refractivity contribution is -0.124. The fourth-order valence-corrected chi connectivity index (χ4v) is 2.60. The van der Waals surface area contributed by atoms with Crippen LogP contribution in [0.25, 0.3) is 10.9 Å². The smallest absolute Gasteiger partial charge is 0.408 e. The van der Waals surface area contributed by atoms with Crippen LogP contribution in [0.3, 0.4) is 0 Å². The normalized spacial score (nSPS) is 13.9. The second-order valence-corrected chi connectivity index (χ2v) is 7.67. The van der Waals surface area contributed by atoms with Crippen molar-refractivity contribution in [3.8, 4) is 0 Å². The molecule has 7 heteroatoms. The summed E-state index contributed by atoms with van der Waals surface area (Å²) in [7, 11) is 0. The number of nitrogens with zero attached hydrogens (tertiary/aromatic N) is 2. The summed E-state index contributed by atoms with van der Waals surface area (Å²) in [5.41, 5.74) is 3.46. The van der Waals surface area contributed by atoms with Crippen LogP contribution in [0.5, 0.6) is 0 Å². The Bertz CT molecular complexity index is 853. The minimum atomic E-state index is -0.748. The van der Waals surface area contributed by atoms with E-state index in [1.165, 1.54) is 0 Å². The molecule has 0 unspecified atom stereocenters. The average Bonchev–Trinajstić information content (AvgIpc) is 2.64. The maximum atomic E-state index is 12.6. The summed E-state index contributed by atoms with van der Waals surface area (Å²) in [6.07, 6.45) is 3.34. The van der Waals surface area contributed by atoms with Crippen LogP contribution in [0.1, 0.15) is 46.6 Å². The first-order chi connectivity index (χ1) is 13.2. The predicted molar refractivity (Wildman–Crippen MR) is 110 cm³/mol. The fraction of sp³-hybridized carbons (Fsp3) is 0.429. The minimum Gasteiger partial charge on any atom is -0.444 e. The van der Waals surface area contributed by atoms with Crippen LogP contribution < -0.4 is 10.7 Å². The van der Waals surface area contributed by atoms with Gasteiger partial charge in [0.15, 0.2) is 0 Å². The second-order valence-electron chi connectivity index (χ2n) is 7.67. The molecule has 2 aromatic rings. The molecule has 0 spiro atoms. The first-order valence-electron chi connectivity index (χ1n) is 9.37. The number of hydrogen-bond donors (Lipinski definition) is 2. The van der Waals surface area contributed by atoms with Gasteiger partial charge in [0, 0.05) is 17.1 Å². The maximum absolute atomic E-state index is 12.6. The lowest BCUT2D eigenvalue weighted by Gasteiger charge is -2.25. The average molecular weight is 384 g/mol. The number of aromatic nitrogens is 1. The quantitative estimate of drug-likeness (QED) is 0.588. The molecular weight excluding hydrogens is 356 g/mol. The molecule has 0 saturated heterocycles. The topological polar surface area (TPSA) is 92.7 Å². The Labute approximate surface area is 165 Å². The zero-order chi connectivity index (χ0) is 20.7. The van der Waals surface area contributed by atoms with E-state index in [4.69, 9.17) is 4.74 Å². The number of hydrazone groups is 1. The highest BCUT2D eigenvalue weighted by Crippen LogP contribution is 2.14. The number of amides is 2. The second kappa shape index (κ2) is 9.30. The number of ether oxygens (including phenoxy) is 1. The Hall–Kier alpha value is -2.96.